The molecule has 1 aliphatic carbocycles. The maximum Gasteiger partial charge on any atom is 0.268 e. The van der Waals surface area contributed by atoms with Crippen LogP contribution in [0.3, 0.4) is 0 Å². The highest BCUT2D eigenvalue weighted by Gasteiger charge is 2.16. The number of nitrogens with zero attached hydrogens (tertiary/aromatic N) is 1. The van der Waals surface area contributed by atoms with Crippen molar-refractivity contribution >= 4 is 7.82 Å². The Hall–Kier alpha value is 0.0700. The van der Waals surface area contributed by atoms with E-state index in [4.69, 9.17) is 9.05 Å². The summed E-state index contributed by atoms with van der Waals surface area (Å²) in [5, 5.41) is 0. The number of rotatable bonds is 8. The van der Waals surface area contributed by atoms with Crippen LogP contribution in [-0.2, 0) is 13.6 Å². The smallest absolute Gasteiger partial charge is 0.268 e. The van der Waals surface area contributed by atoms with Gasteiger partial charge in [0.05, 0.1) is 27.7 Å². The Morgan fingerprint density at radius 2 is 1.68 bits per heavy atom. The van der Waals surface area contributed by atoms with E-state index in [9.17, 15) is 9.46 Å². The summed E-state index contributed by atoms with van der Waals surface area (Å²) < 4.78 is 22.0. The van der Waals surface area contributed by atoms with Gasteiger partial charge in [-0.15, -0.1) is 0 Å². The molecule has 0 amide bonds. The van der Waals surface area contributed by atoms with Crippen LogP contribution in [0.1, 0.15) is 38.5 Å². The van der Waals surface area contributed by atoms with Crippen molar-refractivity contribution in [3.8, 4) is 0 Å². The summed E-state index contributed by atoms with van der Waals surface area (Å²) in [6, 6.07) is 0. The first-order valence-electron chi connectivity index (χ1n) is 7.19. The van der Waals surface area contributed by atoms with E-state index in [2.05, 4.69) is 0 Å². The topological polar surface area (TPSA) is 58.6 Å². The minimum absolute atomic E-state index is 0.174. The van der Waals surface area contributed by atoms with Gasteiger partial charge in [0.1, 0.15) is 13.2 Å². The van der Waals surface area contributed by atoms with E-state index in [-0.39, 0.29) is 13.2 Å². The molecule has 0 aromatic rings. The molecule has 1 fully saturated rings. The van der Waals surface area contributed by atoms with Gasteiger partial charge in [0.15, 0.2) is 0 Å². The molecule has 1 saturated carbocycles. The Labute approximate surface area is 117 Å². The molecule has 19 heavy (non-hydrogen) atoms. The quantitative estimate of drug-likeness (QED) is 0.508. The van der Waals surface area contributed by atoms with Gasteiger partial charge in [0.2, 0.25) is 0 Å². The summed E-state index contributed by atoms with van der Waals surface area (Å²) in [4.78, 5) is 11.5. The minimum atomic E-state index is -4.11. The third kappa shape index (κ3) is 8.77. The van der Waals surface area contributed by atoms with Gasteiger partial charge in [-0.2, -0.15) is 0 Å². The van der Waals surface area contributed by atoms with Gasteiger partial charge in [0, 0.05) is 0 Å². The van der Waals surface area contributed by atoms with Crippen LogP contribution in [0, 0.1) is 5.92 Å². The predicted molar refractivity (Wildman–Crippen MR) is 73.6 cm³/mol. The average Bonchev–Trinajstić information content (AvgIpc) is 2.28. The van der Waals surface area contributed by atoms with Crippen LogP contribution in [-0.4, -0.2) is 45.4 Å². The van der Waals surface area contributed by atoms with E-state index in [0.717, 1.165) is 6.42 Å². The molecule has 1 rings (SSSR count). The Morgan fingerprint density at radius 3 is 2.26 bits per heavy atom. The zero-order valence-electron chi connectivity index (χ0n) is 12.5. The highest BCUT2D eigenvalue weighted by atomic mass is 31.2. The fourth-order valence-corrected chi connectivity index (χ4v) is 2.98. The molecule has 114 valence electrons. The highest BCUT2D eigenvalue weighted by molar-refractivity contribution is 7.45. The second-order valence-corrected chi connectivity index (χ2v) is 7.83. The Kier molecular flexibility index (Phi) is 6.98. The van der Waals surface area contributed by atoms with Gasteiger partial charge in [0.25, 0.3) is 7.82 Å². The van der Waals surface area contributed by atoms with Crippen molar-refractivity contribution in [2.45, 2.75) is 38.5 Å². The van der Waals surface area contributed by atoms with Crippen LogP contribution in [0.4, 0.5) is 0 Å². The molecule has 0 N–H and O–H groups in total. The van der Waals surface area contributed by atoms with Crippen LogP contribution in [0.15, 0.2) is 0 Å². The molecule has 1 aliphatic rings. The monoisotopic (exact) mass is 293 g/mol. The minimum Gasteiger partial charge on any atom is -0.756 e. The predicted octanol–water partition coefficient (Wildman–Crippen LogP) is 2.16. The molecule has 0 saturated heterocycles. The number of hydrogen-bond donors (Lipinski definition) is 0. The molecule has 6 heteroatoms. The largest absolute Gasteiger partial charge is 0.756 e. The van der Waals surface area contributed by atoms with Crippen LogP contribution in [0.25, 0.3) is 0 Å². The molecule has 0 aromatic heterocycles. The first-order valence-corrected chi connectivity index (χ1v) is 8.65. The van der Waals surface area contributed by atoms with Crippen LogP contribution < -0.4 is 4.89 Å². The maximum atomic E-state index is 11.5. The van der Waals surface area contributed by atoms with E-state index >= 15 is 0 Å². The number of hydrogen-bond acceptors (Lipinski definition) is 4. The zero-order valence-corrected chi connectivity index (χ0v) is 13.4. The number of likely N-dealkylation sites (N-methyl/N-ethyl adjacent to an activating group) is 1. The lowest BCUT2D eigenvalue weighted by molar-refractivity contribution is -0.870. The second-order valence-electron chi connectivity index (χ2n) is 6.42. The summed E-state index contributed by atoms with van der Waals surface area (Å²) in [5.74, 6) is 0.625. The van der Waals surface area contributed by atoms with Crippen LogP contribution >= 0.6 is 7.82 Å². The van der Waals surface area contributed by atoms with Gasteiger partial charge >= 0.3 is 0 Å². The van der Waals surface area contributed by atoms with Gasteiger partial charge < -0.3 is 18.4 Å². The molecular formula is C13H28NO4P. The molecule has 1 atom stereocenters. The first kappa shape index (κ1) is 17.1. The van der Waals surface area contributed by atoms with Crippen molar-refractivity contribution in [2.24, 2.45) is 5.92 Å². The van der Waals surface area contributed by atoms with Crippen molar-refractivity contribution in [1.82, 2.24) is 0 Å². The lowest BCUT2D eigenvalue weighted by Gasteiger charge is -2.28. The van der Waals surface area contributed by atoms with Crippen LogP contribution in [0.5, 0.6) is 0 Å². The van der Waals surface area contributed by atoms with E-state index in [0.29, 0.717) is 16.9 Å². The lowest BCUT2D eigenvalue weighted by Crippen LogP contribution is -2.37. The Balaban J connectivity index is 2.13. The van der Waals surface area contributed by atoms with Crippen molar-refractivity contribution in [3.63, 3.8) is 0 Å². The first-order chi connectivity index (χ1) is 8.79. The van der Waals surface area contributed by atoms with Gasteiger partial charge in [-0.05, 0) is 12.3 Å². The van der Waals surface area contributed by atoms with E-state index in [1.165, 1.54) is 32.1 Å². The summed E-state index contributed by atoms with van der Waals surface area (Å²) in [5.41, 5.74) is 0. The third-order valence-electron chi connectivity index (χ3n) is 3.51. The summed E-state index contributed by atoms with van der Waals surface area (Å²) in [7, 11) is 1.86. The fourth-order valence-electron chi connectivity index (χ4n) is 2.27. The maximum absolute atomic E-state index is 11.5. The summed E-state index contributed by atoms with van der Waals surface area (Å²) in [6.07, 6.45) is 7.07. The van der Waals surface area contributed by atoms with Gasteiger partial charge in [-0.25, -0.2) is 0 Å². The number of phosphoric acid groups is 1. The molecule has 0 bridgehead atoms. The highest BCUT2D eigenvalue weighted by Crippen LogP contribution is 2.39. The van der Waals surface area contributed by atoms with Crippen molar-refractivity contribution in [1.29, 1.82) is 0 Å². The molecule has 1 unspecified atom stereocenters. The standard InChI is InChI=1S/C13H28NO4P/c1-14(2,3)10-12-18-19(15,16)17-11-9-13-7-5-4-6-8-13/h13H,4-12H2,1-3H3. The van der Waals surface area contributed by atoms with Crippen molar-refractivity contribution < 1.29 is 23.0 Å². The average molecular weight is 293 g/mol. The molecule has 0 heterocycles. The molecule has 0 aliphatic heterocycles. The van der Waals surface area contributed by atoms with E-state index < -0.39 is 7.82 Å². The Bertz CT molecular complexity index is 298. The SMILES string of the molecule is C[N+](C)(C)CCOP(=O)([O-])OCCC1CCCCC1. The van der Waals surface area contributed by atoms with E-state index in [1.54, 1.807) is 0 Å². The summed E-state index contributed by atoms with van der Waals surface area (Å²) in [6.45, 7) is 1.07. The number of phosphoric ester groups is 1. The van der Waals surface area contributed by atoms with Gasteiger partial charge in [-0.1, -0.05) is 32.1 Å². The van der Waals surface area contributed by atoms with Crippen LogP contribution in [0.2, 0.25) is 0 Å². The molecule has 5 nitrogen and oxygen atoms in total. The second kappa shape index (κ2) is 7.75. The number of quaternary nitrogens is 1. The third-order valence-corrected chi connectivity index (χ3v) is 4.51. The normalized spacial score (nSPS) is 21.3. The fraction of sp³-hybridized carbons (Fsp3) is 1.00. The molecule has 0 radical (unpaired) electrons. The molecular weight excluding hydrogens is 265 g/mol. The van der Waals surface area contributed by atoms with Gasteiger partial charge in [-0.3, -0.25) is 4.57 Å². The zero-order chi connectivity index (χ0) is 14.4. The lowest BCUT2D eigenvalue weighted by atomic mass is 9.87. The Morgan fingerprint density at radius 1 is 1.11 bits per heavy atom. The summed E-state index contributed by atoms with van der Waals surface area (Å²) >= 11 is 0. The van der Waals surface area contributed by atoms with E-state index in [1.807, 2.05) is 21.1 Å². The van der Waals surface area contributed by atoms with Crippen molar-refractivity contribution in [2.75, 3.05) is 40.9 Å². The van der Waals surface area contributed by atoms with Crippen molar-refractivity contribution in [3.05, 3.63) is 0 Å². The molecule has 0 spiro atoms. The molecule has 0 aromatic carbocycles.